The highest BCUT2D eigenvalue weighted by Gasteiger charge is 2.17. The summed E-state index contributed by atoms with van der Waals surface area (Å²) >= 11 is 0. The number of carbonyl (C=O) groups is 1. The molecule has 0 aliphatic rings. The average Bonchev–Trinajstić information content (AvgIpc) is 3.00. The van der Waals surface area contributed by atoms with Crippen LogP contribution < -0.4 is 10.9 Å². The number of H-pyrrole nitrogens is 1. The molecule has 0 spiro atoms. The van der Waals surface area contributed by atoms with E-state index in [-0.39, 0.29) is 17.5 Å². The molecular formula is C17H18N4O2. The lowest BCUT2D eigenvalue weighted by Crippen LogP contribution is -2.32. The molecule has 2 N–H and O–H groups in total. The van der Waals surface area contributed by atoms with E-state index in [1.165, 1.54) is 16.8 Å². The molecule has 2 heterocycles. The third kappa shape index (κ3) is 2.88. The Morgan fingerprint density at radius 3 is 2.78 bits per heavy atom. The summed E-state index contributed by atoms with van der Waals surface area (Å²) in [5.74, 6) is -0.241. The second-order valence-electron chi connectivity index (χ2n) is 5.47. The van der Waals surface area contributed by atoms with Gasteiger partial charge in [0.15, 0.2) is 5.65 Å². The number of benzene rings is 1. The second kappa shape index (κ2) is 6.08. The van der Waals surface area contributed by atoms with E-state index in [4.69, 9.17) is 0 Å². The summed E-state index contributed by atoms with van der Waals surface area (Å²) in [5.41, 5.74) is 1.82. The molecule has 2 aromatic heterocycles. The number of fused-ring (bicyclic) bond motifs is 1. The molecule has 6 heteroatoms. The van der Waals surface area contributed by atoms with Crippen LogP contribution >= 0.6 is 0 Å². The molecule has 23 heavy (non-hydrogen) atoms. The van der Waals surface area contributed by atoms with Gasteiger partial charge >= 0.3 is 0 Å². The zero-order chi connectivity index (χ0) is 16.4. The summed E-state index contributed by atoms with van der Waals surface area (Å²) in [6, 6.07) is 10.9. The maximum Gasteiger partial charge on any atom is 0.273 e. The maximum atomic E-state index is 12.4. The number of hydrogen-bond donors (Lipinski definition) is 2. The summed E-state index contributed by atoms with van der Waals surface area (Å²) in [7, 11) is 0. The zero-order valence-corrected chi connectivity index (χ0v) is 13.0. The SMILES string of the molecule is CC[C@H](C)NC(=O)c1c[nH]n2c(=O)cc(-c3ccccc3)nc12. The summed E-state index contributed by atoms with van der Waals surface area (Å²) in [5, 5.41) is 5.68. The van der Waals surface area contributed by atoms with Crippen molar-refractivity contribution in [2.24, 2.45) is 0 Å². The topological polar surface area (TPSA) is 79.3 Å². The molecule has 1 amide bonds. The van der Waals surface area contributed by atoms with E-state index in [2.05, 4.69) is 15.4 Å². The van der Waals surface area contributed by atoms with Gasteiger partial charge < -0.3 is 5.32 Å². The summed E-state index contributed by atoms with van der Waals surface area (Å²) < 4.78 is 1.28. The van der Waals surface area contributed by atoms with Crippen LogP contribution in [0.5, 0.6) is 0 Å². The van der Waals surface area contributed by atoms with E-state index in [1.54, 1.807) is 0 Å². The molecule has 3 rings (SSSR count). The molecule has 0 aliphatic heterocycles. The predicted octanol–water partition coefficient (Wildman–Crippen LogP) is 2.22. The standard InChI is InChI=1S/C17H18N4O2/c1-3-11(2)19-17(23)13-10-18-21-15(22)9-14(20-16(13)21)12-7-5-4-6-8-12/h4-11,18H,3H2,1-2H3,(H,19,23)/t11-/m0/s1. The minimum atomic E-state index is -0.253. The fourth-order valence-corrected chi connectivity index (χ4v) is 2.31. The van der Waals surface area contributed by atoms with Crippen LogP contribution in [0, 0.1) is 0 Å². The van der Waals surface area contributed by atoms with Crippen molar-refractivity contribution >= 4 is 11.6 Å². The Kier molecular flexibility index (Phi) is 3.97. The molecule has 0 bridgehead atoms. The highest BCUT2D eigenvalue weighted by Crippen LogP contribution is 2.17. The Balaban J connectivity index is 2.10. The first-order valence-electron chi connectivity index (χ1n) is 7.57. The minimum absolute atomic E-state index is 0.0569. The number of aromatic nitrogens is 3. The Morgan fingerprint density at radius 2 is 2.09 bits per heavy atom. The summed E-state index contributed by atoms with van der Waals surface area (Å²) in [6.45, 7) is 3.93. The van der Waals surface area contributed by atoms with Crippen molar-refractivity contribution in [2.75, 3.05) is 0 Å². The Labute approximate surface area is 133 Å². The number of nitrogens with zero attached hydrogens (tertiary/aromatic N) is 2. The number of aromatic amines is 1. The van der Waals surface area contributed by atoms with Crippen molar-refractivity contribution < 1.29 is 4.79 Å². The van der Waals surface area contributed by atoms with Gasteiger partial charge in [0, 0.05) is 23.9 Å². The molecular weight excluding hydrogens is 292 g/mol. The van der Waals surface area contributed by atoms with Gasteiger partial charge in [-0.2, -0.15) is 0 Å². The third-order valence-corrected chi connectivity index (χ3v) is 3.80. The number of nitrogens with one attached hydrogen (secondary N) is 2. The molecule has 6 nitrogen and oxygen atoms in total. The molecule has 3 aromatic rings. The van der Waals surface area contributed by atoms with Crippen molar-refractivity contribution in [2.45, 2.75) is 26.3 Å². The molecule has 0 saturated heterocycles. The van der Waals surface area contributed by atoms with Gasteiger partial charge in [0.25, 0.3) is 11.5 Å². The Morgan fingerprint density at radius 1 is 1.35 bits per heavy atom. The van der Waals surface area contributed by atoms with Crippen LogP contribution in [0.1, 0.15) is 30.6 Å². The van der Waals surface area contributed by atoms with Crippen LogP contribution in [-0.2, 0) is 0 Å². The molecule has 0 fully saturated rings. The number of rotatable bonds is 4. The van der Waals surface area contributed by atoms with E-state index < -0.39 is 0 Å². The number of hydrogen-bond acceptors (Lipinski definition) is 3. The quantitative estimate of drug-likeness (QED) is 0.775. The van der Waals surface area contributed by atoms with Gasteiger partial charge in [0.2, 0.25) is 0 Å². The van der Waals surface area contributed by atoms with Crippen LogP contribution in [0.4, 0.5) is 0 Å². The van der Waals surface area contributed by atoms with Crippen LogP contribution in [0.2, 0.25) is 0 Å². The van der Waals surface area contributed by atoms with Crippen molar-refractivity contribution in [3.8, 4) is 11.3 Å². The van der Waals surface area contributed by atoms with Gasteiger partial charge in [-0.05, 0) is 13.3 Å². The lowest BCUT2D eigenvalue weighted by molar-refractivity contribution is 0.0940. The van der Waals surface area contributed by atoms with Gasteiger partial charge in [0.1, 0.15) is 5.56 Å². The van der Waals surface area contributed by atoms with E-state index in [1.807, 2.05) is 44.2 Å². The first kappa shape index (κ1) is 15.0. The Hall–Kier alpha value is -2.89. The average molecular weight is 310 g/mol. The zero-order valence-electron chi connectivity index (χ0n) is 13.0. The van der Waals surface area contributed by atoms with Crippen molar-refractivity contribution in [3.63, 3.8) is 0 Å². The molecule has 0 aliphatic carbocycles. The highest BCUT2D eigenvalue weighted by molar-refractivity contribution is 5.99. The van der Waals surface area contributed by atoms with E-state index in [0.717, 1.165) is 12.0 Å². The summed E-state index contributed by atoms with van der Waals surface area (Å²) in [6.07, 6.45) is 2.34. The molecule has 1 atom stereocenters. The first-order chi connectivity index (χ1) is 11.1. The predicted molar refractivity (Wildman–Crippen MR) is 88.5 cm³/mol. The van der Waals surface area contributed by atoms with Crippen molar-refractivity contribution in [1.82, 2.24) is 19.9 Å². The van der Waals surface area contributed by atoms with Crippen LogP contribution in [0.15, 0.2) is 47.4 Å². The van der Waals surface area contributed by atoms with Crippen LogP contribution in [0.25, 0.3) is 16.9 Å². The van der Waals surface area contributed by atoms with E-state index >= 15 is 0 Å². The highest BCUT2D eigenvalue weighted by atomic mass is 16.2. The fourth-order valence-electron chi connectivity index (χ4n) is 2.31. The normalized spacial score (nSPS) is 12.3. The van der Waals surface area contributed by atoms with Crippen LogP contribution in [-0.4, -0.2) is 26.5 Å². The van der Waals surface area contributed by atoms with Crippen molar-refractivity contribution in [3.05, 3.63) is 58.5 Å². The molecule has 1 aromatic carbocycles. The lowest BCUT2D eigenvalue weighted by atomic mass is 10.1. The smallest absolute Gasteiger partial charge is 0.273 e. The summed E-state index contributed by atoms with van der Waals surface area (Å²) in [4.78, 5) is 29.1. The molecule has 0 radical (unpaired) electrons. The first-order valence-corrected chi connectivity index (χ1v) is 7.57. The van der Waals surface area contributed by atoms with Gasteiger partial charge in [-0.1, -0.05) is 37.3 Å². The van der Waals surface area contributed by atoms with E-state index in [9.17, 15) is 9.59 Å². The van der Waals surface area contributed by atoms with Gasteiger partial charge in [-0.3, -0.25) is 14.7 Å². The van der Waals surface area contributed by atoms with Gasteiger partial charge in [-0.15, -0.1) is 0 Å². The van der Waals surface area contributed by atoms with Crippen molar-refractivity contribution in [1.29, 1.82) is 0 Å². The second-order valence-corrected chi connectivity index (χ2v) is 5.47. The largest absolute Gasteiger partial charge is 0.349 e. The fraction of sp³-hybridized carbons (Fsp3) is 0.235. The molecule has 118 valence electrons. The lowest BCUT2D eigenvalue weighted by Gasteiger charge is -2.10. The Bertz CT molecular complexity index is 896. The van der Waals surface area contributed by atoms with Crippen LogP contribution in [0.3, 0.4) is 0 Å². The van der Waals surface area contributed by atoms with Gasteiger partial charge in [0.05, 0.1) is 5.69 Å². The number of amides is 1. The van der Waals surface area contributed by atoms with Gasteiger partial charge in [-0.25, -0.2) is 9.50 Å². The third-order valence-electron chi connectivity index (χ3n) is 3.80. The monoisotopic (exact) mass is 310 g/mol. The molecule has 0 saturated carbocycles. The molecule has 0 unspecified atom stereocenters. The minimum Gasteiger partial charge on any atom is -0.349 e. The maximum absolute atomic E-state index is 12.4. The van der Waals surface area contributed by atoms with E-state index in [0.29, 0.717) is 16.9 Å². The number of carbonyl (C=O) groups excluding carboxylic acids is 1.